The Morgan fingerprint density at radius 2 is 2.21 bits per heavy atom. The summed E-state index contributed by atoms with van der Waals surface area (Å²) >= 11 is 0. The van der Waals surface area contributed by atoms with E-state index in [2.05, 4.69) is 10.1 Å². The number of rotatable bonds is 2. The molecule has 2 saturated heterocycles. The summed E-state index contributed by atoms with van der Waals surface area (Å²) in [6, 6.07) is 0. The fourth-order valence-electron chi connectivity index (χ4n) is 2.67. The molecule has 19 heavy (non-hydrogen) atoms. The first-order valence-electron chi connectivity index (χ1n) is 6.93. The van der Waals surface area contributed by atoms with Crippen LogP contribution in [0, 0.1) is 0 Å². The molecule has 106 valence electrons. The van der Waals surface area contributed by atoms with Crippen molar-refractivity contribution in [1.82, 2.24) is 10.1 Å². The molecule has 6 nitrogen and oxygen atoms in total. The predicted molar refractivity (Wildman–Crippen MR) is 65.6 cm³/mol. The lowest BCUT2D eigenvalue weighted by Gasteiger charge is -2.30. The van der Waals surface area contributed by atoms with E-state index < -0.39 is 11.7 Å². The van der Waals surface area contributed by atoms with Crippen LogP contribution in [0.5, 0.6) is 0 Å². The molecule has 2 aliphatic heterocycles. The second kappa shape index (κ2) is 5.19. The van der Waals surface area contributed by atoms with Gasteiger partial charge in [0.15, 0.2) is 0 Å². The largest absolute Gasteiger partial charge is 0.392 e. The molecule has 0 spiro atoms. The van der Waals surface area contributed by atoms with E-state index in [0.717, 1.165) is 25.9 Å². The third-order valence-electron chi connectivity index (χ3n) is 4.02. The Labute approximate surface area is 112 Å². The van der Waals surface area contributed by atoms with Gasteiger partial charge in [0.25, 0.3) is 0 Å². The highest BCUT2D eigenvalue weighted by atomic mass is 16.5. The van der Waals surface area contributed by atoms with Crippen molar-refractivity contribution >= 4 is 0 Å². The average Bonchev–Trinajstić information content (AvgIpc) is 2.90. The second-order valence-electron chi connectivity index (χ2n) is 5.53. The summed E-state index contributed by atoms with van der Waals surface area (Å²) in [5.41, 5.74) is -0.458. The smallest absolute Gasteiger partial charge is 0.234 e. The highest BCUT2D eigenvalue weighted by Gasteiger charge is 2.37. The summed E-state index contributed by atoms with van der Waals surface area (Å²) in [6.45, 7) is 3.74. The zero-order valence-corrected chi connectivity index (χ0v) is 11.2. The molecule has 2 aliphatic rings. The maximum Gasteiger partial charge on any atom is 0.234 e. The fraction of sp³-hybridized carbons (Fsp3) is 0.846. The van der Waals surface area contributed by atoms with E-state index in [1.165, 1.54) is 0 Å². The minimum atomic E-state index is -0.470. The van der Waals surface area contributed by atoms with Crippen molar-refractivity contribution in [2.24, 2.45) is 0 Å². The Morgan fingerprint density at radius 1 is 1.32 bits per heavy atom. The number of aliphatic hydroxyl groups excluding tert-OH is 1. The van der Waals surface area contributed by atoms with Crippen LogP contribution in [-0.4, -0.2) is 41.2 Å². The van der Waals surface area contributed by atoms with Crippen LogP contribution < -0.4 is 0 Å². The SMILES string of the molecule is CC1(c2noc(C3COCCC3O)n2)CCCCO1. The highest BCUT2D eigenvalue weighted by Crippen LogP contribution is 2.34. The van der Waals surface area contributed by atoms with E-state index in [0.29, 0.717) is 31.3 Å². The molecule has 1 aromatic rings. The molecule has 6 heteroatoms. The van der Waals surface area contributed by atoms with Gasteiger partial charge in [0.05, 0.1) is 18.6 Å². The summed E-state index contributed by atoms with van der Waals surface area (Å²) in [6.07, 6.45) is 3.22. The first kappa shape index (κ1) is 13.0. The normalized spacial score (nSPS) is 36.3. The van der Waals surface area contributed by atoms with Gasteiger partial charge in [-0.1, -0.05) is 5.16 Å². The average molecular weight is 268 g/mol. The standard InChI is InChI=1S/C13H20N2O4/c1-13(5-2-3-6-18-13)12-14-11(19-15-12)9-8-17-7-4-10(9)16/h9-10,16H,2-8H2,1H3. The van der Waals surface area contributed by atoms with Gasteiger partial charge in [-0.05, 0) is 32.6 Å². The molecule has 3 atom stereocenters. The van der Waals surface area contributed by atoms with Gasteiger partial charge in [-0.2, -0.15) is 4.98 Å². The molecule has 3 rings (SSSR count). The van der Waals surface area contributed by atoms with Crippen molar-refractivity contribution in [1.29, 1.82) is 0 Å². The zero-order valence-electron chi connectivity index (χ0n) is 11.2. The Bertz CT molecular complexity index is 428. The van der Waals surface area contributed by atoms with Crippen molar-refractivity contribution in [3.63, 3.8) is 0 Å². The van der Waals surface area contributed by atoms with Crippen LogP contribution in [0.3, 0.4) is 0 Å². The fourth-order valence-corrected chi connectivity index (χ4v) is 2.67. The van der Waals surface area contributed by atoms with E-state index in [1.54, 1.807) is 0 Å². The summed E-state index contributed by atoms with van der Waals surface area (Å²) in [7, 11) is 0. The maximum atomic E-state index is 9.97. The molecular formula is C13H20N2O4. The first-order chi connectivity index (χ1) is 9.19. The molecule has 0 bridgehead atoms. The minimum Gasteiger partial charge on any atom is -0.392 e. The van der Waals surface area contributed by atoms with Gasteiger partial charge in [-0.15, -0.1) is 0 Å². The van der Waals surface area contributed by atoms with Gasteiger partial charge in [0.1, 0.15) is 5.60 Å². The summed E-state index contributed by atoms with van der Waals surface area (Å²) in [5, 5.41) is 14.0. The lowest BCUT2D eigenvalue weighted by Crippen LogP contribution is -2.32. The van der Waals surface area contributed by atoms with Crippen LogP contribution in [0.1, 0.15) is 50.2 Å². The van der Waals surface area contributed by atoms with Crippen LogP contribution in [0.2, 0.25) is 0 Å². The predicted octanol–water partition coefficient (Wildman–Crippen LogP) is 1.35. The zero-order chi connectivity index (χ0) is 13.3. The van der Waals surface area contributed by atoms with Crippen LogP contribution in [0.15, 0.2) is 4.52 Å². The van der Waals surface area contributed by atoms with E-state index in [1.807, 2.05) is 6.92 Å². The Balaban J connectivity index is 1.78. The topological polar surface area (TPSA) is 77.6 Å². The lowest BCUT2D eigenvalue weighted by molar-refractivity contribution is -0.0770. The Morgan fingerprint density at radius 3 is 2.95 bits per heavy atom. The monoisotopic (exact) mass is 268 g/mol. The van der Waals surface area contributed by atoms with E-state index >= 15 is 0 Å². The van der Waals surface area contributed by atoms with Crippen molar-refractivity contribution in [2.45, 2.75) is 50.2 Å². The van der Waals surface area contributed by atoms with Crippen molar-refractivity contribution in [2.75, 3.05) is 19.8 Å². The number of hydrogen-bond acceptors (Lipinski definition) is 6. The van der Waals surface area contributed by atoms with Gasteiger partial charge in [-0.25, -0.2) is 0 Å². The number of hydrogen-bond donors (Lipinski definition) is 1. The van der Waals surface area contributed by atoms with E-state index in [4.69, 9.17) is 14.0 Å². The molecule has 3 unspecified atom stereocenters. The first-order valence-corrected chi connectivity index (χ1v) is 6.93. The molecule has 0 radical (unpaired) electrons. The van der Waals surface area contributed by atoms with E-state index in [9.17, 15) is 5.11 Å². The number of ether oxygens (including phenoxy) is 2. The van der Waals surface area contributed by atoms with Crippen molar-refractivity contribution in [3.8, 4) is 0 Å². The lowest BCUT2D eigenvalue weighted by atomic mass is 9.95. The molecule has 3 heterocycles. The van der Waals surface area contributed by atoms with Crippen LogP contribution >= 0.6 is 0 Å². The Hall–Kier alpha value is -0.980. The summed E-state index contributed by atoms with van der Waals surface area (Å²) in [5.74, 6) is 0.819. The molecular weight excluding hydrogens is 248 g/mol. The minimum absolute atomic E-state index is 0.220. The second-order valence-corrected chi connectivity index (χ2v) is 5.53. The molecule has 0 aliphatic carbocycles. The number of aromatic nitrogens is 2. The van der Waals surface area contributed by atoms with Gasteiger partial charge < -0.3 is 19.1 Å². The molecule has 0 aromatic carbocycles. The van der Waals surface area contributed by atoms with Crippen molar-refractivity contribution < 1.29 is 19.1 Å². The van der Waals surface area contributed by atoms with Gasteiger partial charge >= 0.3 is 0 Å². The number of nitrogens with zero attached hydrogens (tertiary/aromatic N) is 2. The van der Waals surface area contributed by atoms with Gasteiger partial charge in [-0.3, -0.25) is 0 Å². The molecule has 1 aromatic heterocycles. The summed E-state index contributed by atoms with van der Waals surface area (Å²) in [4.78, 5) is 4.44. The molecule has 0 amide bonds. The third-order valence-corrected chi connectivity index (χ3v) is 4.02. The highest BCUT2D eigenvalue weighted by molar-refractivity contribution is 5.05. The quantitative estimate of drug-likeness (QED) is 0.872. The van der Waals surface area contributed by atoms with Gasteiger partial charge in [0.2, 0.25) is 11.7 Å². The maximum absolute atomic E-state index is 9.97. The molecule has 2 fully saturated rings. The molecule has 0 saturated carbocycles. The number of aliphatic hydroxyl groups is 1. The van der Waals surface area contributed by atoms with E-state index in [-0.39, 0.29) is 5.92 Å². The molecule has 1 N–H and O–H groups in total. The van der Waals surface area contributed by atoms with Crippen LogP contribution in [0.4, 0.5) is 0 Å². The van der Waals surface area contributed by atoms with Crippen molar-refractivity contribution in [3.05, 3.63) is 11.7 Å². The van der Waals surface area contributed by atoms with Crippen LogP contribution in [0.25, 0.3) is 0 Å². The third kappa shape index (κ3) is 2.52. The van der Waals surface area contributed by atoms with Crippen LogP contribution in [-0.2, 0) is 15.1 Å². The van der Waals surface area contributed by atoms with Gasteiger partial charge in [0, 0.05) is 13.2 Å². The Kier molecular flexibility index (Phi) is 3.56. The summed E-state index contributed by atoms with van der Waals surface area (Å²) < 4.78 is 16.5.